The molecule has 1 aliphatic rings. The van der Waals surface area contributed by atoms with Gasteiger partial charge in [0.05, 0.1) is 5.71 Å². The van der Waals surface area contributed by atoms with E-state index in [0.717, 1.165) is 17.8 Å². The molecule has 1 aliphatic heterocycles. The first-order chi connectivity index (χ1) is 6.29. The van der Waals surface area contributed by atoms with Crippen molar-refractivity contribution < 1.29 is 5.11 Å². The molecule has 3 nitrogen and oxygen atoms in total. The summed E-state index contributed by atoms with van der Waals surface area (Å²) in [5.41, 5.74) is 4.70. The highest BCUT2D eigenvalue weighted by Gasteiger charge is 2.19. The van der Waals surface area contributed by atoms with Gasteiger partial charge in [-0.2, -0.15) is 5.10 Å². The topological polar surface area (TPSA) is 44.6 Å². The first kappa shape index (κ1) is 8.10. The highest BCUT2D eigenvalue weighted by molar-refractivity contribution is 6.04. The van der Waals surface area contributed by atoms with Crippen molar-refractivity contribution >= 4 is 5.71 Å². The van der Waals surface area contributed by atoms with E-state index in [0.29, 0.717) is 11.7 Å². The molecule has 1 heterocycles. The van der Waals surface area contributed by atoms with Crippen molar-refractivity contribution in [2.45, 2.75) is 6.92 Å². The fourth-order valence-corrected chi connectivity index (χ4v) is 1.49. The second-order valence-electron chi connectivity index (χ2n) is 3.28. The molecule has 0 radical (unpaired) electrons. The van der Waals surface area contributed by atoms with Crippen LogP contribution in [-0.2, 0) is 0 Å². The summed E-state index contributed by atoms with van der Waals surface area (Å²) >= 11 is 0. The molecule has 0 aliphatic carbocycles. The smallest absolute Gasteiger partial charge is 0.124 e. The normalized spacial score (nSPS) is 21.0. The van der Waals surface area contributed by atoms with E-state index >= 15 is 0 Å². The van der Waals surface area contributed by atoms with Gasteiger partial charge in [0.15, 0.2) is 0 Å². The highest BCUT2D eigenvalue weighted by atomic mass is 16.3. The van der Waals surface area contributed by atoms with Gasteiger partial charge in [-0.05, 0) is 12.1 Å². The van der Waals surface area contributed by atoms with Crippen LogP contribution in [0.25, 0.3) is 0 Å². The van der Waals surface area contributed by atoms with Gasteiger partial charge in [0.1, 0.15) is 5.75 Å². The van der Waals surface area contributed by atoms with Crippen molar-refractivity contribution in [2.24, 2.45) is 11.0 Å². The van der Waals surface area contributed by atoms with Crippen molar-refractivity contribution in [1.82, 2.24) is 5.43 Å². The van der Waals surface area contributed by atoms with Crippen LogP contribution in [0.15, 0.2) is 29.4 Å². The Morgan fingerprint density at radius 2 is 2.23 bits per heavy atom. The summed E-state index contributed by atoms with van der Waals surface area (Å²) in [5, 5.41) is 13.7. The lowest BCUT2D eigenvalue weighted by atomic mass is 9.99. The molecular weight excluding hydrogens is 164 g/mol. The third-order valence-electron chi connectivity index (χ3n) is 2.24. The standard InChI is InChI=1S/C10H12N2O/c1-7-6-11-12-10(7)8-4-2-3-5-9(8)13/h2-5,7,11,13H,6H2,1H3. The summed E-state index contributed by atoms with van der Waals surface area (Å²) in [6, 6.07) is 7.29. The van der Waals surface area contributed by atoms with Crippen LogP contribution >= 0.6 is 0 Å². The summed E-state index contributed by atoms with van der Waals surface area (Å²) in [6.45, 7) is 2.94. The monoisotopic (exact) mass is 176 g/mol. The number of hydrogen-bond acceptors (Lipinski definition) is 3. The van der Waals surface area contributed by atoms with Crippen LogP contribution in [0.2, 0.25) is 0 Å². The van der Waals surface area contributed by atoms with E-state index in [2.05, 4.69) is 17.5 Å². The van der Waals surface area contributed by atoms with Crippen molar-refractivity contribution in [2.75, 3.05) is 6.54 Å². The first-order valence-corrected chi connectivity index (χ1v) is 4.38. The fourth-order valence-electron chi connectivity index (χ4n) is 1.49. The Morgan fingerprint density at radius 3 is 2.85 bits per heavy atom. The van der Waals surface area contributed by atoms with Gasteiger partial charge in [-0.1, -0.05) is 19.1 Å². The molecule has 1 aromatic rings. The third-order valence-corrected chi connectivity index (χ3v) is 2.24. The molecule has 1 unspecified atom stereocenters. The maximum Gasteiger partial charge on any atom is 0.124 e. The van der Waals surface area contributed by atoms with Gasteiger partial charge < -0.3 is 10.5 Å². The van der Waals surface area contributed by atoms with E-state index in [1.165, 1.54) is 0 Å². The molecule has 2 N–H and O–H groups in total. The van der Waals surface area contributed by atoms with E-state index in [4.69, 9.17) is 0 Å². The predicted molar refractivity (Wildman–Crippen MR) is 51.8 cm³/mol. The van der Waals surface area contributed by atoms with Gasteiger partial charge in [0.2, 0.25) is 0 Å². The Hall–Kier alpha value is -1.51. The van der Waals surface area contributed by atoms with E-state index in [1.807, 2.05) is 18.2 Å². The second kappa shape index (κ2) is 3.09. The van der Waals surface area contributed by atoms with Crippen LogP contribution in [0.5, 0.6) is 5.75 Å². The summed E-state index contributed by atoms with van der Waals surface area (Å²) in [5.74, 6) is 0.671. The molecule has 0 amide bonds. The van der Waals surface area contributed by atoms with Gasteiger partial charge in [0.25, 0.3) is 0 Å². The zero-order chi connectivity index (χ0) is 9.26. The lowest BCUT2D eigenvalue weighted by Crippen LogP contribution is -2.12. The van der Waals surface area contributed by atoms with Crippen LogP contribution in [0.3, 0.4) is 0 Å². The number of aromatic hydroxyl groups is 1. The maximum absolute atomic E-state index is 9.58. The number of benzene rings is 1. The lowest BCUT2D eigenvalue weighted by Gasteiger charge is -2.06. The Balaban J connectivity index is 2.40. The average Bonchev–Trinajstić information content (AvgIpc) is 2.52. The maximum atomic E-state index is 9.58. The summed E-state index contributed by atoms with van der Waals surface area (Å²) in [6.07, 6.45) is 0. The minimum Gasteiger partial charge on any atom is -0.507 e. The quantitative estimate of drug-likeness (QED) is 0.678. The number of para-hydroxylation sites is 1. The Bertz CT molecular complexity index is 347. The second-order valence-corrected chi connectivity index (χ2v) is 3.28. The number of nitrogens with zero attached hydrogens (tertiary/aromatic N) is 1. The van der Waals surface area contributed by atoms with Crippen LogP contribution in [0.4, 0.5) is 0 Å². The van der Waals surface area contributed by atoms with Gasteiger partial charge in [-0.3, -0.25) is 0 Å². The number of rotatable bonds is 1. The summed E-state index contributed by atoms with van der Waals surface area (Å²) in [7, 11) is 0. The number of hydrogen-bond donors (Lipinski definition) is 2. The Labute approximate surface area is 77.1 Å². The largest absolute Gasteiger partial charge is 0.507 e. The zero-order valence-corrected chi connectivity index (χ0v) is 7.49. The van der Waals surface area contributed by atoms with Gasteiger partial charge in [-0.25, -0.2) is 0 Å². The van der Waals surface area contributed by atoms with Crippen molar-refractivity contribution in [3.05, 3.63) is 29.8 Å². The third kappa shape index (κ3) is 1.37. The molecule has 13 heavy (non-hydrogen) atoms. The average molecular weight is 176 g/mol. The number of nitrogens with one attached hydrogen (secondary N) is 1. The van der Waals surface area contributed by atoms with Crippen molar-refractivity contribution in [3.8, 4) is 5.75 Å². The number of hydrazone groups is 1. The SMILES string of the molecule is CC1CNN=C1c1ccccc1O. The van der Waals surface area contributed by atoms with E-state index < -0.39 is 0 Å². The fraction of sp³-hybridized carbons (Fsp3) is 0.300. The molecule has 1 atom stereocenters. The Morgan fingerprint density at radius 1 is 1.46 bits per heavy atom. The minimum atomic E-state index is 0.303. The highest BCUT2D eigenvalue weighted by Crippen LogP contribution is 2.21. The van der Waals surface area contributed by atoms with E-state index in [1.54, 1.807) is 6.07 Å². The van der Waals surface area contributed by atoms with Gasteiger partial charge >= 0.3 is 0 Å². The first-order valence-electron chi connectivity index (χ1n) is 4.38. The molecule has 0 saturated heterocycles. The molecule has 0 fully saturated rings. The molecule has 1 aromatic carbocycles. The number of phenolic OH excluding ortho intramolecular Hbond substituents is 1. The zero-order valence-electron chi connectivity index (χ0n) is 7.49. The van der Waals surface area contributed by atoms with Gasteiger partial charge in [0, 0.05) is 18.0 Å². The Kier molecular flexibility index (Phi) is 1.93. The molecular formula is C10H12N2O. The number of phenols is 1. The minimum absolute atomic E-state index is 0.303. The molecule has 0 aromatic heterocycles. The van der Waals surface area contributed by atoms with Gasteiger partial charge in [-0.15, -0.1) is 0 Å². The van der Waals surface area contributed by atoms with Crippen molar-refractivity contribution in [1.29, 1.82) is 0 Å². The van der Waals surface area contributed by atoms with E-state index in [9.17, 15) is 5.11 Å². The van der Waals surface area contributed by atoms with Crippen molar-refractivity contribution in [3.63, 3.8) is 0 Å². The summed E-state index contributed by atoms with van der Waals surface area (Å²) in [4.78, 5) is 0. The van der Waals surface area contributed by atoms with Crippen LogP contribution in [-0.4, -0.2) is 17.4 Å². The molecule has 68 valence electrons. The van der Waals surface area contributed by atoms with Crippen LogP contribution in [0, 0.1) is 5.92 Å². The molecule has 3 heteroatoms. The van der Waals surface area contributed by atoms with Crippen LogP contribution < -0.4 is 5.43 Å². The summed E-state index contributed by atoms with van der Waals surface area (Å²) < 4.78 is 0. The molecule has 0 saturated carbocycles. The van der Waals surface area contributed by atoms with E-state index in [-0.39, 0.29) is 0 Å². The molecule has 2 rings (SSSR count). The lowest BCUT2D eigenvalue weighted by molar-refractivity contribution is 0.474. The molecule has 0 bridgehead atoms. The predicted octanol–water partition coefficient (Wildman–Crippen LogP) is 1.34. The molecule has 0 spiro atoms. The van der Waals surface area contributed by atoms with Crippen LogP contribution in [0.1, 0.15) is 12.5 Å².